The van der Waals surface area contributed by atoms with Gasteiger partial charge in [-0.2, -0.15) is 0 Å². The Hall–Kier alpha value is -0.0800. The van der Waals surface area contributed by atoms with E-state index in [1.165, 1.54) is 0 Å². The molecule has 0 radical (unpaired) electrons. The van der Waals surface area contributed by atoms with Crippen LogP contribution in [-0.4, -0.2) is 25.3 Å². The molecule has 1 fully saturated rings. The highest BCUT2D eigenvalue weighted by Gasteiger charge is 2.24. The smallest absolute Gasteiger partial charge is 0.0776 e. The lowest BCUT2D eigenvalue weighted by molar-refractivity contribution is -0.0544. The number of morpholine rings is 1. The molecule has 2 nitrogen and oxygen atoms in total. The van der Waals surface area contributed by atoms with Gasteiger partial charge in [-0.15, -0.1) is 0 Å². The van der Waals surface area contributed by atoms with E-state index in [2.05, 4.69) is 19.2 Å². The molecule has 0 aromatic heterocycles. The molecule has 1 N–H and O–H groups in total. The molecular formula is C7H15NO. The second-order valence-corrected chi connectivity index (χ2v) is 2.83. The number of nitrogens with one attached hydrogen (secondary N) is 1. The molecule has 0 spiro atoms. The van der Waals surface area contributed by atoms with Gasteiger partial charge in [0.2, 0.25) is 0 Å². The summed E-state index contributed by atoms with van der Waals surface area (Å²) in [6, 6.07) is 0. The van der Waals surface area contributed by atoms with E-state index < -0.39 is 0 Å². The average molecular weight is 129 g/mol. The third kappa shape index (κ3) is 1.66. The Morgan fingerprint density at radius 1 is 1.67 bits per heavy atom. The maximum Gasteiger partial charge on any atom is 0.0776 e. The van der Waals surface area contributed by atoms with Gasteiger partial charge in [0.15, 0.2) is 0 Å². The summed E-state index contributed by atoms with van der Waals surface area (Å²) >= 11 is 0. The summed E-state index contributed by atoms with van der Waals surface area (Å²) in [4.78, 5) is 0. The van der Waals surface area contributed by atoms with Crippen molar-refractivity contribution in [2.75, 3.05) is 19.7 Å². The second kappa shape index (κ2) is 2.67. The van der Waals surface area contributed by atoms with Crippen molar-refractivity contribution in [2.45, 2.75) is 25.9 Å². The summed E-state index contributed by atoms with van der Waals surface area (Å²) in [5, 5.41) is 3.30. The van der Waals surface area contributed by atoms with E-state index in [0.29, 0.717) is 0 Å². The standard InChI is InChI=1S/C7H15NO/c1-3-7(2)6-8-4-5-9-7/h8H,3-6H2,1-2H3/t7-/m0/s1. The zero-order valence-corrected chi connectivity index (χ0v) is 6.24. The van der Waals surface area contributed by atoms with E-state index in [1.807, 2.05) is 0 Å². The molecule has 1 rings (SSSR count). The Morgan fingerprint density at radius 3 is 2.78 bits per heavy atom. The molecule has 0 amide bonds. The molecule has 9 heavy (non-hydrogen) atoms. The van der Waals surface area contributed by atoms with Gasteiger partial charge in [0, 0.05) is 13.1 Å². The lowest BCUT2D eigenvalue weighted by atomic mass is 10.0. The summed E-state index contributed by atoms with van der Waals surface area (Å²) in [5.41, 5.74) is 0.109. The zero-order valence-electron chi connectivity index (χ0n) is 6.24. The summed E-state index contributed by atoms with van der Waals surface area (Å²) in [5.74, 6) is 0. The molecule has 1 aliphatic heterocycles. The molecule has 0 aliphatic carbocycles. The molecule has 1 atom stereocenters. The number of hydrogen-bond donors (Lipinski definition) is 1. The van der Waals surface area contributed by atoms with Gasteiger partial charge in [0.1, 0.15) is 0 Å². The Bertz CT molecular complexity index is 86.9. The first-order valence-corrected chi connectivity index (χ1v) is 3.61. The van der Waals surface area contributed by atoms with Gasteiger partial charge < -0.3 is 10.1 Å². The zero-order chi connectivity index (χ0) is 6.74. The molecule has 54 valence electrons. The average Bonchev–Trinajstić information content (AvgIpc) is 1.90. The van der Waals surface area contributed by atoms with Gasteiger partial charge in [0.05, 0.1) is 12.2 Å². The first kappa shape index (κ1) is 7.03. The van der Waals surface area contributed by atoms with E-state index in [0.717, 1.165) is 26.1 Å². The van der Waals surface area contributed by atoms with Crippen LogP contribution in [0.3, 0.4) is 0 Å². The van der Waals surface area contributed by atoms with Crippen molar-refractivity contribution in [3.63, 3.8) is 0 Å². The molecular weight excluding hydrogens is 114 g/mol. The Morgan fingerprint density at radius 2 is 2.44 bits per heavy atom. The van der Waals surface area contributed by atoms with Crippen LogP contribution in [0.25, 0.3) is 0 Å². The van der Waals surface area contributed by atoms with Crippen LogP contribution >= 0.6 is 0 Å². The van der Waals surface area contributed by atoms with Crippen molar-refractivity contribution < 1.29 is 4.74 Å². The van der Waals surface area contributed by atoms with Gasteiger partial charge in [-0.05, 0) is 13.3 Å². The van der Waals surface area contributed by atoms with Crippen molar-refractivity contribution >= 4 is 0 Å². The quantitative estimate of drug-likeness (QED) is 0.564. The maximum atomic E-state index is 5.55. The monoisotopic (exact) mass is 129 g/mol. The molecule has 1 heterocycles. The molecule has 2 heteroatoms. The predicted molar refractivity (Wildman–Crippen MR) is 37.5 cm³/mol. The number of ether oxygens (including phenoxy) is 1. The topological polar surface area (TPSA) is 21.3 Å². The highest BCUT2D eigenvalue weighted by Crippen LogP contribution is 2.15. The highest BCUT2D eigenvalue weighted by atomic mass is 16.5. The molecule has 0 bridgehead atoms. The van der Waals surface area contributed by atoms with Crippen LogP contribution < -0.4 is 5.32 Å². The van der Waals surface area contributed by atoms with Crippen LogP contribution in [0, 0.1) is 0 Å². The van der Waals surface area contributed by atoms with E-state index >= 15 is 0 Å². The summed E-state index contributed by atoms with van der Waals surface area (Å²) in [6.45, 7) is 7.19. The second-order valence-electron chi connectivity index (χ2n) is 2.83. The third-order valence-electron chi connectivity index (χ3n) is 1.98. The van der Waals surface area contributed by atoms with Crippen LogP contribution in [0.5, 0.6) is 0 Å². The molecule has 0 aromatic rings. The fourth-order valence-corrected chi connectivity index (χ4v) is 1.00. The highest BCUT2D eigenvalue weighted by molar-refractivity contribution is 4.79. The minimum atomic E-state index is 0.109. The van der Waals surface area contributed by atoms with E-state index in [-0.39, 0.29) is 5.60 Å². The minimum absolute atomic E-state index is 0.109. The largest absolute Gasteiger partial charge is 0.373 e. The Balaban J connectivity index is 2.37. The molecule has 1 saturated heterocycles. The summed E-state index contributed by atoms with van der Waals surface area (Å²) in [7, 11) is 0. The molecule has 0 aromatic carbocycles. The van der Waals surface area contributed by atoms with Gasteiger partial charge in [-0.1, -0.05) is 6.92 Å². The van der Waals surface area contributed by atoms with E-state index in [9.17, 15) is 0 Å². The first-order chi connectivity index (χ1) is 4.27. The van der Waals surface area contributed by atoms with Gasteiger partial charge >= 0.3 is 0 Å². The number of hydrogen-bond acceptors (Lipinski definition) is 2. The van der Waals surface area contributed by atoms with Crippen molar-refractivity contribution in [3.8, 4) is 0 Å². The van der Waals surface area contributed by atoms with Crippen molar-refractivity contribution in [2.24, 2.45) is 0 Å². The Labute approximate surface area is 56.6 Å². The van der Waals surface area contributed by atoms with Crippen LogP contribution in [0.1, 0.15) is 20.3 Å². The fraction of sp³-hybridized carbons (Fsp3) is 1.00. The molecule has 1 aliphatic rings. The van der Waals surface area contributed by atoms with Crippen LogP contribution in [0.15, 0.2) is 0 Å². The summed E-state index contributed by atoms with van der Waals surface area (Å²) < 4.78 is 5.55. The van der Waals surface area contributed by atoms with Gasteiger partial charge in [0.25, 0.3) is 0 Å². The lowest BCUT2D eigenvalue weighted by Gasteiger charge is -2.33. The Kier molecular flexibility index (Phi) is 2.09. The molecule has 0 unspecified atom stereocenters. The molecule has 0 saturated carbocycles. The van der Waals surface area contributed by atoms with E-state index in [4.69, 9.17) is 4.74 Å². The van der Waals surface area contributed by atoms with Gasteiger partial charge in [-0.3, -0.25) is 0 Å². The van der Waals surface area contributed by atoms with Crippen molar-refractivity contribution in [3.05, 3.63) is 0 Å². The predicted octanol–water partition coefficient (Wildman–Crippen LogP) is 0.775. The van der Waals surface area contributed by atoms with Crippen molar-refractivity contribution in [1.82, 2.24) is 5.32 Å². The third-order valence-corrected chi connectivity index (χ3v) is 1.98. The van der Waals surface area contributed by atoms with Crippen LogP contribution in [-0.2, 0) is 4.74 Å². The van der Waals surface area contributed by atoms with E-state index in [1.54, 1.807) is 0 Å². The summed E-state index contributed by atoms with van der Waals surface area (Å²) in [6.07, 6.45) is 1.10. The maximum absolute atomic E-state index is 5.55. The lowest BCUT2D eigenvalue weighted by Crippen LogP contribution is -2.47. The minimum Gasteiger partial charge on any atom is -0.373 e. The van der Waals surface area contributed by atoms with Crippen LogP contribution in [0.2, 0.25) is 0 Å². The first-order valence-electron chi connectivity index (χ1n) is 3.61. The van der Waals surface area contributed by atoms with Crippen molar-refractivity contribution in [1.29, 1.82) is 0 Å². The number of rotatable bonds is 1. The fourth-order valence-electron chi connectivity index (χ4n) is 1.00. The SMILES string of the molecule is CC[C@@]1(C)CNCCO1. The normalized spacial score (nSPS) is 36.7. The van der Waals surface area contributed by atoms with Gasteiger partial charge in [-0.25, -0.2) is 0 Å². The van der Waals surface area contributed by atoms with Crippen LogP contribution in [0.4, 0.5) is 0 Å².